The number of carbonyl (C=O) groups excluding carboxylic acids is 2. The molecule has 2 rings (SSSR count). The number of aliphatic hydroxyl groups excluding tert-OH is 3. The number of nitrogens with one attached hydrogen (secondary N) is 1. The van der Waals surface area contributed by atoms with Crippen molar-refractivity contribution < 1.29 is 67.8 Å². The van der Waals surface area contributed by atoms with Crippen molar-refractivity contribution in [1.29, 1.82) is 0 Å². The van der Waals surface area contributed by atoms with Crippen LogP contribution in [0.15, 0.2) is 0 Å². The molecule has 4 unspecified atom stereocenters. The Morgan fingerprint density at radius 2 is 1.85 bits per heavy atom. The van der Waals surface area contributed by atoms with Crippen LogP contribution in [0.3, 0.4) is 0 Å². The molecular weight excluding hydrogens is 474 g/mol. The summed E-state index contributed by atoms with van der Waals surface area (Å²) in [5, 5.41) is 58.2. The van der Waals surface area contributed by atoms with Crippen LogP contribution in [0.2, 0.25) is 0 Å². The van der Waals surface area contributed by atoms with E-state index in [-0.39, 0.29) is 18.7 Å². The predicted molar refractivity (Wildman–Crippen MR) is 99.6 cm³/mol. The molecule has 1 heterocycles. The maximum atomic E-state index is 11.8. The average Bonchev–Trinajstić information content (AvgIpc) is 2.78. The van der Waals surface area contributed by atoms with E-state index >= 15 is 0 Å². The normalized spacial score (nSPS) is 39.2. The molecule has 2 fully saturated rings. The van der Waals surface area contributed by atoms with Crippen LogP contribution in [0.5, 0.6) is 0 Å². The molecule has 1 saturated carbocycles. The zero-order chi connectivity index (χ0) is 24.7. The second-order valence-corrected chi connectivity index (χ2v) is 7.90. The molecule has 0 aromatic heterocycles. The standard InChI is InChI=1S/C17H29NO14S/c1-6(20)18-10-15(14(30-33-32-31-25)9(5-19)29-17(10)27-3)28-8-4-7(16(23)24)13(26-2)12(22)11(8)21/h7-15,17,19,21-22,25H,4-5H2,1-3H3,(H,18,20)(H,23,24)/p-2/t7?,8-,9?,10?,11?,12-,13+,14+,15-,17-/m1/s1. The molecular formula is C17H27NO14S-2. The lowest BCUT2D eigenvalue weighted by Gasteiger charge is -2.48. The quantitative estimate of drug-likeness (QED) is 0.0904. The van der Waals surface area contributed by atoms with Gasteiger partial charge in [-0.3, -0.25) is 14.0 Å². The molecule has 1 aliphatic carbocycles. The van der Waals surface area contributed by atoms with E-state index in [0.29, 0.717) is 0 Å². The van der Waals surface area contributed by atoms with E-state index in [4.69, 9.17) is 23.1 Å². The summed E-state index contributed by atoms with van der Waals surface area (Å²) in [6.07, 6.45) is -11.0. The largest absolute Gasteiger partial charge is 0.691 e. The number of carbonyl (C=O) groups is 2. The van der Waals surface area contributed by atoms with Crippen molar-refractivity contribution in [2.24, 2.45) is 5.92 Å². The second kappa shape index (κ2) is 13.1. The summed E-state index contributed by atoms with van der Waals surface area (Å²) in [5.74, 6) is -3.39. The van der Waals surface area contributed by atoms with Gasteiger partial charge < -0.3 is 54.7 Å². The highest BCUT2D eigenvalue weighted by Crippen LogP contribution is 2.35. The predicted octanol–water partition coefficient (Wildman–Crippen LogP) is -4.71. The molecule has 0 aromatic rings. The Bertz CT molecular complexity index is 643. The first-order chi connectivity index (χ1) is 15.7. The smallest absolute Gasteiger partial charge is 0.217 e. The summed E-state index contributed by atoms with van der Waals surface area (Å²) in [5.41, 5.74) is 0. The molecule has 4 N–H and O–H groups in total. The molecule has 1 amide bonds. The highest BCUT2D eigenvalue weighted by atomic mass is 32.2. The third kappa shape index (κ3) is 6.71. The number of aliphatic carboxylic acids is 1. The number of carboxylic acids is 1. The van der Waals surface area contributed by atoms with Crippen molar-refractivity contribution in [3.05, 3.63) is 0 Å². The van der Waals surface area contributed by atoms with E-state index in [0.717, 1.165) is 0 Å². The number of hydrogen-bond acceptors (Lipinski definition) is 15. The minimum Gasteiger partial charge on any atom is -0.691 e. The summed E-state index contributed by atoms with van der Waals surface area (Å²) < 4.78 is 31.2. The van der Waals surface area contributed by atoms with Crippen molar-refractivity contribution >= 4 is 24.2 Å². The third-order valence-corrected chi connectivity index (χ3v) is 5.90. The van der Waals surface area contributed by atoms with E-state index in [1.165, 1.54) is 21.1 Å². The molecule has 33 heavy (non-hydrogen) atoms. The second-order valence-electron chi connectivity index (χ2n) is 7.43. The van der Waals surface area contributed by atoms with Crippen LogP contribution in [-0.4, -0.2) is 103 Å². The van der Waals surface area contributed by atoms with Gasteiger partial charge in [-0.05, 0) is 6.42 Å². The molecule has 15 nitrogen and oxygen atoms in total. The fraction of sp³-hybridized carbons (Fsp3) is 0.882. The summed E-state index contributed by atoms with van der Waals surface area (Å²) >= 11 is 0.0899. The van der Waals surface area contributed by atoms with Crippen LogP contribution in [0.1, 0.15) is 13.3 Å². The van der Waals surface area contributed by atoms with Gasteiger partial charge in [0, 0.05) is 33.0 Å². The molecule has 0 bridgehead atoms. The van der Waals surface area contributed by atoms with E-state index in [2.05, 4.69) is 14.7 Å². The Balaban J connectivity index is 2.38. The molecule has 0 radical (unpaired) electrons. The third-order valence-electron chi connectivity index (χ3n) is 5.49. The zero-order valence-corrected chi connectivity index (χ0v) is 18.7. The molecule has 1 aliphatic heterocycles. The highest BCUT2D eigenvalue weighted by Gasteiger charge is 2.52. The first kappa shape index (κ1) is 28.1. The summed E-state index contributed by atoms with van der Waals surface area (Å²) in [7, 11) is 2.45. The number of hydrogen-bond donors (Lipinski definition) is 4. The van der Waals surface area contributed by atoms with Gasteiger partial charge in [0.1, 0.15) is 36.6 Å². The van der Waals surface area contributed by atoms with Crippen molar-refractivity contribution in [3.63, 3.8) is 0 Å². The maximum absolute atomic E-state index is 11.8. The number of ether oxygens (including phenoxy) is 4. The minimum atomic E-state index is -1.64. The Hall–Kier alpha value is -1.15. The lowest BCUT2D eigenvalue weighted by atomic mass is 9.80. The summed E-state index contributed by atoms with van der Waals surface area (Å²) in [6, 6.07) is -1.10. The fourth-order valence-electron chi connectivity index (χ4n) is 4.04. The number of amides is 1. The molecule has 0 spiro atoms. The van der Waals surface area contributed by atoms with Gasteiger partial charge in [-0.1, -0.05) is 0 Å². The first-order valence-electron chi connectivity index (χ1n) is 9.80. The van der Waals surface area contributed by atoms with Gasteiger partial charge in [-0.2, -0.15) is 0 Å². The Kier molecular flexibility index (Phi) is 11.1. The van der Waals surface area contributed by atoms with Crippen molar-refractivity contribution in [2.45, 2.75) is 68.4 Å². The maximum Gasteiger partial charge on any atom is 0.217 e. The molecule has 10 atom stereocenters. The lowest BCUT2D eigenvalue weighted by molar-refractivity contribution is -0.777. The van der Waals surface area contributed by atoms with Crippen LogP contribution in [0, 0.1) is 5.92 Å². The first-order valence-corrected chi connectivity index (χ1v) is 10.5. The Morgan fingerprint density at radius 3 is 2.36 bits per heavy atom. The van der Waals surface area contributed by atoms with E-state index in [1.54, 1.807) is 0 Å². The molecule has 192 valence electrons. The lowest BCUT2D eigenvalue weighted by Crippen LogP contribution is -2.67. The van der Waals surface area contributed by atoms with Gasteiger partial charge in [-0.15, -0.1) is 4.33 Å². The van der Waals surface area contributed by atoms with Crippen LogP contribution in [-0.2, 0) is 42.1 Å². The summed E-state index contributed by atoms with van der Waals surface area (Å²) in [6.45, 7) is 0.578. The zero-order valence-electron chi connectivity index (χ0n) is 17.9. The topological polar surface area (TPSA) is 218 Å². The van der Waals surface area contributed by atoms with Gasteiger partial charge in [0.2, 0.25) is 5.91 Å². The Labute approximate surface area is 193 Å². The van der Waals surface area contributed by atoms with Gasteiger partial charge in [0.15, 0.2) is 18.6 Å². The van der Waals surface area contributed by atoms with Crippen LogP contribution in [0.25, 0.3) is 0 Å². The summed E-state index contributed by atoms with van der Waals surface area (Å²) in [4.78, 5) is 23.4. The minimum absolute atomic E-state index is 0.0899. The Morgan fingerprint density at radius 1 is 1.15 bits per heavy atom. The van der Waals surface area contributed by atoms with Gasteiger partial charge >= 0.3 is 0 Å². The van der Waals surface area contributed by atoms with Crippen LogP contribution < -0.4 is 15.7 Å². The number of rotatable bonds is 11. The van der Waals surface area contributed by atoms with Crippen molar-refractivity contribution in [2.75, 3.05) is 20.8 Å². The van der Waals surface area contributed by atoms with E-state index in [9.17, 15) is 35.3 Å². The van der Waals surface area contributed by atoms with Crippen molar-refractivity contribution in [3.8, 4) is 0 Å². The van der Waals surface area contributed by atoms with Crippen LogP contribution >= 0.6 is 12.3 Å². The van der Waals surface area contributed by atoms with Crippen molar-refractivity contribution in [1.82, 2.24) is 5.32 Å². The van der Waals surface area contributed by atoms with E-state index < -0.39 is 79.5 Å². The number of methoxy groups -OCH3 is 2. The van der Waals surface area contributed by atoms with Gasteiger partial charge in [0.25, 0.3) is 0 Å². The highest BCUT2D eigenvalue weighted by molar-refractivity contribution is 7.89. The number of carboxylic acid groups (broad SMARTS) is 1. The molecule has 16 heteroatoms. The van der Waals surface area contributed by atoms with E-state index in [1.807, 2.05) is 0 Å². The fourth-order valence-corrected chi connectivity index (χ4v) is 4.42. The number of aliphatic hydroxyl groups is 3. The molecule has 2 aliphatic rings. The molecule has 0 aromatic carbocycles. The van der Waals surface area contributed by atoms with Crippen LogP contribution in [0.4, 0.5) is 0 Å². The monoisotopic (exact) mass is 501 g/mol. The van der Waals surface area contributed by atoms with Gasteiger partial charge in [-0.25, -0.2) is 0 Å². The SMILES string of the molecule is CO[C@@H]1OC(CO)[C@H](OSOO[O-])[C@H](O[C@@H]2CC(C(=O)[O-])[C@H](OC)[C@H](O)C2O)C1NC(C)=O. The average molecular weight is 501 g/mol. The molecule has 1 saturated heterocycles. The van der Waals surface area contributed by atoms with Gasteiger partial charge in [0.05, 0.1) is 18.8 Å².